The molecule has 0 saturated carbocycles. The number of hydrogen-bond acceptors (Lipinski definition) is 5. The maximum atomic E-state index is 13.1. The van der Waals surface area contributed by atoms with Crippen molar-refractivity contribution in [1.82, 2.24) is 0 Å². The fraction of sp³-hybridized carbons (Fsp3) is 0.432. The van der Waals surface area contributed by atoms with Gasteiger partial charge in [-0.1, -0.05) is 82.7 Å². The Morgan fingerprint density at radius 3 is 1.51 bits per heavy atom. The molecule has 0 aliphatic rings. The fourth-order valence-electron chi connectivity index (χ4n) is 5.08. The van der Waals surface area contributed by atoms with Crippen LogP contribution in [0, 0.1) is 0 Å². The van der Waals surface area contributed by atoms with Crippen molar-refractivity contribution in [2.75, 3.05) is 0 Å². The molecule has 0 spiro atoms. The summed E-state index contributed by atoms with van der Waals surface area (Å²) in [6.07, 6.45) is 10.3. The van der Waals surface area contributed by atoms with Gasteiger partial charge in [0.1, 0.15) is 0 Å². The SMILES string of the molecule is CCCCCC[C@@H](C)OC(=O)c1ccc(-c2cc(C(=O)O[C@H](C)CCCCCC)ccc2-c2ccc(C(=O)O)cc2)cc1. The summed E-state index contributed by atoms with van der Waals surface area (Å²) in [5.41, 5.74) is 4.31. The Hall–Kier alpha value is -3.93. The molecule has 2 atom stereocenters. The third-order valence-electron chi connectivity index (χ3n) is 7.67. The minimum atomic E-state index is -0.994. The van der Waals surface area contributed by atoms with Crippen LogP contribution in [-0.4, -0.2) is 35.2 Å². The zero-order chi connectivity index (χ0) is 31.2. The van der Waals surface area contributed by atoms with Crippen molar-refractivity contribution in [3.05, 3.63) is 83.4 Å². The molecule has 0 aliphatic heterocycles. The maximum absolute atomic E-state index is 13.1. The van der Waals surface area contributed by atoms with Crippen molar-refractivity contribution in [1.29, 1.82) is 0 Å². The van der Waals surface area contributed by atoms with Crippen LogP contribution >= 0.6 is 0 Å². The lowest BCUT2D eigenvalue weighted by Gasteiger charge is -2.16. The first-order valence-corrected chi connectivity index (χ1v) is 15.7. The van der Waals surface area contributed by atoms with E-state index in [0.29, 0.717) is 11.1 Å². The quantitative estimate of drug-likeness (QED) is 0.125. The minimum Gasteiger partial charge on any atom is -0.478 e. The highest BCUT2D eigenvalue weighted by Gasteiger charge is 2.18. The fourth-order valence-corrected chi connectivity index (χ4v) is 5.08. The maximum Gasteiger partial charge on any atom is 0.338 e. The van der Waals surface area contributed by atoms with Gasteiger partial charge in [0.15, 0.2) is 0 Å². The standard InChI is InChI=1S/C37H46O6/c1-5-7-9-11-13-26(3)42-36(40)31-21-17-29(18-22-31)34-25-32(37(41)43-27(4)14-12-10-8-6-2)23-24-33(34)28-15-19-30(20-16-28)35(38)39/h15-27H,5-14H2,1-4H3,(H,38,39)/t26-,27-/m1/s1. The van der Waals surface area contributed by atoms with E-state index >= 15 is 0 Å². The number of esters is 2. The van der Waals surface area contributed by atoms with Gasteiger partial charge < -0.3 is 14.6 Å². The van der Waals surface area contributed by atoms with Gasteiger partial charge in [-0.2, -0.15) is 0 Å². The zero-order valence-electron chi connectivity index (χ0n) is 26.1. The lowest BCUT2D eigenvalue weighted by Crippen LogP contribution is -2.15. The van der Waals surface area contributed by atoms with Crippen LogP contribution < -0.4 is 0 Å². The number of rotatable bonds is 17. The number of hydrogen-bond donors (Lipinski definition) is 1. The van der Waals surface area contributed by atoms with Gasteiger partial charge in [0.05, 0.1) is 28.9 Å². The highest BCUT2D eigenvalue weighted by Crippen LogP contribution is 2.34. The Labute approximate surface area is 256 Å². The Balaban J connectivity index is 1.84. The van der Waals surface area contributed by atoms with Crippen LogP contribution in [0.2, 0.25) is 0 Å². The molecule has 6 heteroatoms. The van der Waals surface area contributed by atoms with Crippen LogP contribution in [0.4, 0.5) is 0 Å². The Kier molecular flexibility index (Phi) is 13.5. The van der Waals surface area contributed by atoms with Gasteiger partial charge in [-0.05, 0) is 98.2 Å². The van der Waals surface area contributed by atoms with E-state index in [0.717, 1.165) is 73.6 Å². The molecule has 0 bridgehead atoms. The molecule has 0 radical (unpaired) electrons. The molecule has 0 unspecified atom stereocenters. The average molecular weight is 587 g/mol. The predicted molar refractivity (Wildman–Crippen MR) is 172 cm³/mol. The van der Waals surface area contributed by atoms with E-state index < -0.39 is 5.97 Å². The summed E-state index contributed by atoms with van der Waals surface area (Å²) in [6, 6.07) is 19.2. The van der Waals surface area contributed by atoms with Crippen molar-refractivity contribution >= 4 is 17.9 Å². The topological polar surface area (TPSA) is 89.9 Å². The van der Waals surface area contributed by atoms with Crippen molar-refractivity contribution in [3.8, 4) is 22.3 Å². The summed E-state index contributed by atoms with van der Waals surface area (Å²) >= 11 is 0. The van der Waals surface area contributed by atoms with E-state index in [1.807, 2.05) is 32.0 Å². The average Bonchev–Trinajstić information content (AvgIpc) is 3.01. The highest BCUT2D eigenvalue weighted by atomic mass is 16.5. The molecule has 3 aromatic carbocycles. The molecule has 0 heterocycles. The summed E-state index contributed by atoms with van der Waals surface area (Å²) < 4.78 is 11.4. The third kappa shape index (κ3) is 10.4. The number of aromatic carboxylic acids is 1. The first kappa shape index (κ1) is 33.6. The third-order valence-corrected chi connectivity index (χ3v) is 7.67. The van der Waals surface area contributed by atoms with Crippen LogP contribution in [0.3, 0.4) is 0 Å². The number of carboxylic acid groups (broad SMARTS) is 1. The van der Waals surface area contributed by atoms with Crippen molar-refractivity contribution < 1.29 is 29.0 Å². The minimum absolute atomic E-state index is 0.152. The second-order valence-electron chi connectivity index (χ2n) is 11.4. The lowest BCUT2D eigenvalue weighted by atomic mass is 9.92. The Morgan fingerprint density at radius 2 is 1.02 bits per heavy atom. The molecule has 43 heavy (non-hydrogen) atoms. The van der Waals surface area contributed by atoms with Crippen LogP contribution in [0.25, 0.3) is 22.3 Å². The van der Waals surface area contributed by atoms with E-state index in [1.54, 1.807) is 48.5 Å². The monoisotopic (exact) mass is 586 g/mol. The van der Waals surface area contributed by atoms with Gasteiger partial charge in [-0.15, -0.1) is 0 Å². The zero-order valence-corrected chi connectivity index (χ0v) is 26.1. The van der Waals surface area contributed by atoms with Gasteiger partial charge >= 0.3 is 17.9 Å². The van der Waals surface area contributed by atoms with Gasteiger partial charge in [0, 0.05) is 0 Å². The smallest absolute Gasteiger partial charge is 0.338 e. The number of carbonyl (C=O) groups is 3. The molecule has 6 nitrogen and oxygen atoms in total. The Morgan fingerprint density at radius 1 is 0.581 bits per heavy atom. The second kappa shape index (κ2) is 17.3. The summed E-state index contributed by atoms with van der Waals surface area (Å²) in [7, 11) is 0. The van der Waals surface area contributed by atoms with Gasteiger partial charge in [-0.3, -0.25) is 0 Å². The van der Waals surface area contributed by atoms with Crippen LogP contribution in [0.1, 0.15) is 123 Å². The van der Waals surface area contributed by atoms with Gasteiger partial charge in [0.2, 0.25) is 0 Å². The normalized spacial score (nSPS) is 12.4. The van der Waals surface area contributed by atoms with E-state index in [4.69, 9.17) is 9.47 Å². The summed E-state index contributed by atoms with van der Waals surface area (Å²) in [4.78, 5) is 37.3. The molecule has 0 saturated heterocycles. The molecule has 0 amide bonds. The molecule has 0 aromatic heterocycles. The molecule has 230 valence electrons. The molecule has 1 N–H and O–H groups in total. The van der Waals surface area contributed by atoms with E-state index in [-0.39, 0.29) is 29.7 Å². The molecular formula is C37H46O6. The number of carboxylic acids is 1. The van der Waals surface area contributed by atoms with Crippen molar-refractivity contribution in [2.24, 2.45) is 0 Å². The van der Waals surface area contributed by atoms with E-state index in [2.05, 4.69) is 13.8 Å². The summed E-state index contributed by atoms with van der Waals surface area (Å²) in [5.74, 6) is -1.74. The second-order valence-corrected chi connectivity index (χ2v) is 11.4. The highest BCUT2D eigenvalue weighted by molar-refractivity contribution is 5.96. The van der Waals surface area contributed by atoms with Crippen LogP contribution in [0.15, 0.2) is 66.7 Å². The van der Waals surface area contributed by atoms with Crippen molar-refractivity contribution in [3.63, 3.8) is 0 Å². The van der Waals surface area contributed by atoms with Gasteiger partial charge in [0.25, 0.3) is 0 Å². The summed E-state index contributed by atoms with van der Waals surface area (Å²) in [5, 5.41) is 9.33. The van der Waals surface area contributed by atoms with Crippen LogP contribution in [-0.2, 0) is 9.47 Å². The predicted octanol–water partition coefficient (Wildman–Crippen LogP) is 9.75. The molecular weight excluding hydrogens is 540 g/mol. The number of unbranched alkanes of at least 4 members (excludes halogenated alkanes) is 6. The van der Waals surface area contributed by atoms with E-state index in [1.165, 1.54) is 12.8 Å². The van der Waals surface area contributed by atoms with E-state index in [9.17, 15) is 19.5 Å². The molecule has 0 fully saturated rings. The molecule has 3 rings (SSSR count). The van der Waals surface area contributed by atoms with Gasteiger partial charge in [-0.25, -0.2) is 14.4 Å². The molecule has 3 aromatic rings. The largest absolute Gasteiger partial charge is 0.478 e. The first-order chi connectivity index (χ1) is 20.7. The Bertz CT molecular complexity index is 1330. The molecule has 0 aliphatic carbocycles. The van der Waals surface area contributed by atoms with Crippen LogP contribution in [0.5, 0.6) is 0 Å². The van der Waals surface area contributed by atoms with Crippen molar-refractivity contribution in [2.45, 2.75) is 104 Å². The number of ether oxygens (including phenoxy) is 2. The first-order valence-electron chi connectivity index (χ1n) is 15.7. The number of benzene rings is 3. The lowest BCUT2D eigenvalue weighted by molar-refractivity contribution is 0.0309. The summed E-state index contributed by atoms with van der Waals surface area (Å²) in [6.45, 7) is 8.19. The number of carbonyl (C=O) groups excluding carboxylic acids is 2.